The minimum absolute atomic E-state index is 0.0516. The van der Waals surface area contributed by atoms with Gasteiger partial charge < -0.3 is 39.8 Å². The summed E-state index contributed by atoms with van der Waals surface area (Å²) in [5.74, 6) is -3.51. The number of phenolic OH excluding ortho intramolecular Hbond substituents is 2. The van der Waals surface area contributed by atoms with Crippen molar-refractivity contribution in [3.63, 3.8) is 0 Å². The first kappa shape index (κ1) is 27.4. The number of benzene rings is 2. The van der Waals surface area contributed by atoms with Crippen molar-refractivity contribution in [2.75, 3.05) is 19.0 Å². The molecule has 0 saturated carbocycles. The largest absolute Gasteiger partial charge is 0.504 e. The van der Waals surface area contributed by atoms with Crippen LogP contribution in [0.5, 0.6) is 23.0 Å². The molecule has 13 heteroatoms. The topological polar surface area (TPSA) is 198 Å². The van der Waals surface area contributed by atoms with Crippen LogP contribution in [0.3, 0.4) is 0 Å². The Morgan fingerprint density at radius 1 is 1.07 bits per heavy atom. The molecule has 0 aliphatic heterocycles. The van der Waals surface area contributed by atoms with Gasteiger partial charge in [0.05, 0.1) is 18.7 Å². The molecule has 0 bridgehead atoms. The predicted octanol–water partition coefficient (Wildman–Crippen LogP) is 2.49. The first-order valence-electron chi connectivity index (χ1n) is 11.6. The van der Waals surface area contributed by atoms with Gasteiger partial charge in [-0.3, -0.25) is 19.4 Å². The average Bonchev–Trinajstić information content (AvgIpc) is 2.92. The Labute approximate surface area is 225 Å². The fourth-order valence-electron chi connectivity index (χ4n) is 3.86. The smallest absolute Gasteiger partial charge is 0.341 e. The molecule has 206 valence electrons. The number of nitrogens with zero attached hydrogens (tertiary/aromatic N) is 1. The van der Waals surface area contributed by atoms with Crippen molar-refractivity contribution >= 4 is 34.4 Å². The molecule has 0 aliphatic rings. The van der Waals surface area contributed by atoms with Gasteiger partial charge in [0, 0.05) is 18.3 Å². The van der Waals surface area contributed by atoms with Gasteiger partial charge in [-0.25, -0.2) is 4.79 Å². The number of pyridine rings is 1. The molecule has 0 spiro atoms. The summed E-state index contributed by atoms with van der Waals surface area (Å²) in [6, 6.07) is 7.90. The molecule has 40 heavy (non-hydrogen) atoms. The first-order valence-corrected chi connectivity index (χ1v) is 11.6. The third-order valence-corrected chi connectivity index (χ3v) is 5.76. The molecular weight excluding hydrogens is 526 g/mol. The van der Waals surface area contributed by atoms with E-state index in [1.54, 1.807) is 0 Å². The van der Waals surface area contributed by atoms with Gasteiger partial charge in [0.15, 0.2) is 18.1 Å². The number of aromatic nitrogens is 1. The number of hydrogen-bond donors (Lipinski definition) is 5. The number of anilines is 1. The number of amides is 2. The standard InChI is InChI=1S/C27H23N3O10/c1-13-23(25(35)16-9-18(31)19(32)10-21(16)40-13)26(36)30-24(14-3-5-15(6-4-14)39-12-22(33)34)27(37)29-17-11-28-8-7-20(17)38-2/h3-11,24,31-32H,12H2,1-2H3,(H,29,37)(H,30,36)(H,33,34). The Kier molecular flexibility index (Phi) is 7.84. The Hall–Kier alpha value is -5.59. The maximum absolute atomic E-state index is 13.4. The highest BCUT2D eigenvalue weighted by Gasteiger charge is 2.28. The van der Waals surface area contributed by atoms with Crippen LogP contribution in [0.1, 0.15) is 27.7 Å². The fourth-order valence-corrected chi connectivity index (χ4v) is 3.86. The first-order chi connectivity index (χ1) is 19.1. The summed E-state index contributed by atoms with van der Waals surface area (Å²) in [6.07, 6.45) is 2.81. The lowest BCUT2D eigenvalue weighted by molar-refractivity contribution is -0.139. The van der Waals surface area contributed by atoms with Crippen LogP contribution >= 0.6 is 0 Å². The highest BCUT2D eigenvalue weighted by molar-refractivity contribution is 6.03. The van der Waals surface area contributed by atoms with Crippen LogP contribution in [0.25, 0.3) is 11.0 Å². The molecule has 5 N–H and O–H groups in total. The number of methoxy groups -OCH3 is 1. The summed E-state index contributed by atoms with van der Waals surface area (Å²) in [7, 11) is 1.40. The summed E-state index contributed by atoms with van der Waals surface area (Å²) in [5, 5.41) is 33.4. The van der Waals surface area contributed by atoms with Crippen LogP contribution in [0, 0.1) is 6.92 Å². The molecule has 4 aromatic rings. The molecule has 0 saturated heterocycles. The van der Waals surface area contributed by atoms with Crippen LogP contribution in [0.2, 0.25) is 0 Å². The minimum atomic E-state index is -1.37. The number of fused-ring (bicyclic) bond motifs is 1. The Balaban J connectivity index is 1.71. The van der Waals surface area contributed by atoms with E-state index in [-0.39, 0.29) is 33.7 Å². The molecule has 13 nitrogen and oxygen atoms in total. The summed E-state index contributed by atoms with van der Waals surface area (Å²) in [6.45, 7) is 0.787. The summed E-state index contributed by atoms with van der Waals surface area (Å²) >= 11 is 0. The van der Waals surface area contributed by atoms with Crippen molar-refractivity contribution < 1.29 is 43.6 Å². The molecule has 0 fully saturated rings. The lowest BCUT2D eigenvalue weighted by Gasteiger charge is -2.20. The van der Waals surface area contributed by atoms with Gasteiger partial charge in [-0.15, -0.1) is 0 Å². The van der Waals surface area contributed by atoms with Crippen LogP contribution in [0.4, 0.5) is 5.69 Å². The van der Waals surface area contributed by atoms with Gasteiger partial charge in [-0.1, -0.05) is 12.1 Å². The van der Waals surface area contributed by atoms with Crippen LogP contribution in [-0.2, 0) is 9.59 Å². The molecular formula is C27H23N3O10. The highest BCUT2D eigenvalue weighted by Crippen LogP contribution is 2.30. The van der Waals surface area contributed by atoms with Gasteiger partial charge in [0.1, 0.15) is 40.1 Å². The zero-order valence-electron chi connectivity index (χ0n) is 21.1. The third kappa shape index (κ3) is 5.78. The number of aliphatic carboxylic acids is 1. The number of carboxylic acids is 1. The van der Waals surface area contributed by atoms with Crippen molar-refractivity contribution in [3.05, 3.63) is 82.0 Å². The van der Waals surface area contributed by atoms with Crippen molar-refractivity contribution in [2.24, 2.45) is 0 Å². The number of carbonyl (C=O) groups excluding carboxylic acids is 2. The molecule has 2 amide bonds. The van der Waals surface area contributed by atoms with Gasteiger partial charge in [0.2, 0.25) is 5.43 Å². The van der Waals surface area contributed by atoms with Crippen LogP contribution in [-0.4, -0.2) is 51.8 Å². The predicted molar refractivity (Wildman–Crippen MR) is 140 cm³/mol. The number of ether oxygens (including phenoxy) is 2. The molecule has 2 heterocycles. The number of hydrogen-bond acceptors (Lipinski definition) is 10. The molecule has 2 aromatic heterocycles. The number of rotatable bonds is 9. The second kappa shape index (κ2) is 11.4. The number of aryl methyl sites for hydroxylation is 1. The Morgan fingerprint density at radius 3 is 2.45 bits per heavy atom. The van der Waals surface area contributed by atoms with Gasteiger partial charge >= 0.3 is 5.97 Å². The number of carbonyl (C=O) groups is 3. The van der Waals surface area contributed by atoms with E-state index in [1.165, 1.54) is 56.8 Å². The van der Waals surface area contributed by atoms with E-state index < -0.39 is 52.9 Å². The van der Waals surface area contributed by atoms with Crippen molar-refractivity contribution in [1.29, 1.82) is 0 Å². The van der Waals surface area contributed by atoms with E-state index in [0.29, 0.717) is 5.75 Å². The highest BCUT2D eigenvalue weighted by atomic mass is 16.5. The summed E-state index contributed by atoms with van der Waals surface area (Å²) in [5.41, 5.74) is -0.786. The lowest BCUT2D eigenvalue weighted by Crippen LogP contribution is -2.39. The molecule has 0 radical (unpaired) electrons. The SMILES string of the molecule is COc1ccncc1NC(=O)C(NC(=O)c1c(C)oc2cc(O)c(O)cc2c1=O)c1ccc(OCC(=O)O)cc1. The molecule has 4 rings (SSSR count). The summed E-state index contributed by atoms with van der Waals surface area (Å²) in [4.78, 5) is 54.8. The van der Waals surface area contributed by atoms with E-state index >= 15 is 0 Å². The Bertz CT molecular complexity index is 1660. The number of phenols is 2. The molecule has 1 atom stereocenters. The normalized spacial score (nSPS) is 11.4. The zero-order chi connectivity index (χ0) is 29.0. The van der Waals surface area contributed by atoms with Gasteiger partial charge in [-0.2, -0.15) is 0 Å². The van der Waals surface area contributed by atoms with E-state index in [2.05, 4.69) is 15.6 Å². The van der Waals surface area contributed by atoms with Gasteiger partial charge in [0.25, 0.3) is 11.8 Å². The van der Waals surface area contributed by atoms with E-state index in [0.717, 1.165) is 12.1 Å². The van der Waals surface area contributed by atoms with Crippen LogP contribution < -0.4 is 25.5 Å². The Morgan fingerprint density at radius 2 is 1.77 bits per heavy atom. The van der Waals surface area contributed by atoms with Crippen molar-refractivity contribution in [2.45, 2.75) is 13.0 Å². The van der Waals surface area contributed by atoms with Gasteiger partial charge in [-0.05, 0) is 30.7 Å². The third-order valence-electron chi connectivity index (χ3n) is 5.76. The minimum Gasteiger partial charge on any atom is -0.504 e. The van der Waals surface area contributed by atoms with E-state index in [9.17, 15) is 29.4 Å². The quantitative estimate of drug-likeness (QED) is 0.192. The van der Waals surface area contributed by atoms with E-state index in [4.69, 9.17) is 19.0 Å². The summed E-state index contributed by atoms with van der Waals surface area (Å²) < 4.78 is 15.9. The number of carboxylic acid groups (broad SMARTS) is 1. The lowest BCUT2D eigenvalue weighted by atomic mass is 10.0. The van der Waals surface area contributed by atoms with Crippen molar-refractivity contribution in [3.8, 4) is 23.0 Å². The number of aromatic hydroxyl groups is 2. The monoisotopic (exact) mass is 549 g/mol. The molecule has 2 aromatic carbocycles. The molecule has 1 unspecified atom stereocenters. The zero-order valence-corrected chi connectivity index (χ0v) is 21.1. The van der Waals surface area contributed by atoms with Crippen LogP contribution in [0.15, 0.2) is 64.1 Å². The van der Waals surface area contributed by atoms with Crippen molar-refractivity contribution in [1.82, 2.24) is 10.3 Å². The number of nitrogens with one attached hydrogen (secondary N) is 2. The second-order valence-corrected chi connectivity index (χ2v) is 8.42. The maximum Gasteiger partial charge on any atom is 0.341 e. The van der Waals surface area contributed by atoms with E-state index in [1.807, 2.05) is 0 Å². The molecule has 0 aliphatic carbocycles. The average molecular weight is 549 g/mol. The second-order valence-electron chi connectivity index (χ2n) is 8.42. The maximum atomic E-state index is 13.4. The fraction of sp³-hybridized carbons (Fsp3) is 0.148.